The van der Waals surface area contributed by atoms with Crippen LogP contribution in [0.2, 0.25) is 0 Å². The zero-order chi connectivity index (χ0) is 17.3. The Balaban J connectivity index is 3.89. The molecule has 0 saturated heterocycles. The van der Waals surface area contributed by atoms with Crippen molar-refractivity contribution in [2.75, 3.05) is 0 Å². The number of ketones is 2. The quantitative estimate of drug-likeness (QED) is 0.324. The van der Waals surface area contributed by atoms with E-state index in [0.29, 0.717) is 0 Å². The molecule has 1 aliphatic rings. The Morgan fingerprint density at radius 3 is 1.18 bits per heavy atom. The lowest BCUT2D eigenvalue weighted by molar-refractivity contribution is -0.118. The van der Waals surface area contributed by atoms with Crippen molar-refractivity contribution in [1.29, 1.82) is 0 Å². The lowest BCUT2D eigenvalue weighted by Crippen LogP contribution is -2.34. The molecule has 0 radical (unpaired) electrons. The first kappa shape index (κ1) is 17.5. The maximum Gasteiger partial charge on any atom is 0.192 e. The molecule has 0 aromatic carbocycles. The molecule has 22 heavy (non-hydrogen) atoms. The van der Waals surface area contributed by atoms with Crippen molar-refractivity contribution in [3.63, 3.8) is 0 Å². The lowest BCUT2D eigenvalue weighted by Gasteiger charge is -2.34. The Morgan fingerprint density at radius 1 is 0.727 bits per heavy atom. The lowest BCUT2D eigenvalue weighted by atomic mass is 9.69. The van der Waals surface area contributed by atoms with Crippen molar-refractivity contribution in [3.8, 4) is 0 Å². The molecule has 0 atom stereocenters. The second-order valence-electron chi connectivity index (χ2n) is 6.98. The topological polar surface area (TPSA) is 132 Å². The minimum atomic E-state index is -0.631. The summed E-state index contributed by atoms with van der Waals surface area (Å²) < 4.78 is 0. The van der Waals surface area contributed by atoms with Crippen LogP contribution in [-0.4, -0.2) is 11.6 Å². The van der Waals surface area contributed by atoms with E-state index in [4.69, 9.17) is 11.1 Å². The molecule has 8 nitrogen and oxygen atoms in total. The Labute approximate surface area is 128 Å². The predicted molar refractivity (Wildman–Crippen MR) is 81.3 cm³/mol. The number of rotatable bonds is 2. The monoisotopic (exact) mass is 302 g/mol. The van der Waals surface area contributed by atoms with E-state index < -0.39 is 33.8 Å². The second kappa shape index (κ2) is 5.67. The predicted octanol–water partition coefficient (Wildman–Crippen LogP) is 4.36. The maximum absolute atomic E-state index is 12.7. The van der Waals surface area contributed by atoms with Crippen LogP contribution in [0.15, 0.2) is 32.8 Å². The third-order valence-corrected chi connectivity index (χ3v) is 3.15. The van der Waals surface area contributed by atoms with Gasteiger partial charge < -0.3 is 0 Å². The van der Waals surface area contributed by atoms with Crippen LogP contribution in [0.25, 0.3) is 20.9 Å². The molecule has 0 fully saturated rings. The molecule has 0 aliphatic heterocycles. The van der Waals surface area contributed by atoms with Crippen LogP contribution in [0.4, 0.5) is 0 Å². The molecule has 0 N–H and O–H groups in total. The van der Waals surface area contributed by atoms with Gasteiger partial charge in [0.25, 0.3) is 0 Å². The van der Waals surface area contributed by atoms with Gasteiger partial charge in [-0.25, -0.2) is 0 Å². The van der Waals surface area contributed by atoms with Gasteiger partial charge in [-0.2, -0.15) is 0 Å². The van der Waals surface area contributed by atoms with Gasteiger partial charge in [0.15, 0.2) is 11.6 Å². The molecule has 1 rings (SSSR count). The first-order valence-corrected chi connectivity index (χ1v) is 6.66. The summed E-state index contributed by atoms with van der Waals surface area (Å²) in [6, 6.07) is 0. The molecule has 116 valence electrons. The van der Waals surface area contributed by atoms with Gasteiger partial charge in [0.05, 0.1) is 11.4 Å². The zero-order valence-electron chi connectivity index (χ0n) is 13.5. The van der Waals surface area contributed by atoms with Gasteiger partial charge in [0.1, 0.15) is 0 Å². The number of azide groups is 2. The zero-order valence-corrected chi connectivity index (χ0v) is 13.5. The summed E-state index contributed by atoms with van der Waals surface area (Å²) in [7, 11) is 0. The number of carbonyl (C=O) groups excluding carboxylic acids is 2. The van der Waals surface area contributed by atoms with Gasteiger partial charge in [-0.05, 0) is 21.9 Å². The van der Waals surface area contributed by atoms with Crippen LogP contribution in [0.5, 0.6) is 0 Å². The van der Waals surface area contributed by atoms with Crippen LogP contribution in [0.3, 0.4) is 0 Å². The number of hydrogen-bond acceptors (Lipinski definition) is 4. The number of hydrogen-bond donors (Lipinski definition) is 0. The van der Waals surface area contributed by atoms with Crippen molar-refractivity contribution < 1.29 is 9.59 Å². The molecule has 0 spiro atoms. The Bertz CT molecular complexity index is 643. The van der Waals surface area contributed by atoms with Crippen molar-refractivity contribution in [3.05, 3.63) is 43.4 Å². The molecule has 0 saturated carbocycles. The first-order chi connectivity index (χ1) is 9.96. The van der Waals surface area contributed by atoms with Gasteiger partial charge in [-0.3, -0.25) is 9.59 Å². The van der Waals surface area contributed by atoms with E-state index in [-0.39, 0.29) is 11.1 Å². The van der Waals surface area contributed by atoms with Crippen molar-refractivity contribution >= 4 is 11.6 Å². The molecular formula is C14H18N6O2. The molecule has 0 amide bonds. The average Bonchev–Trinajstić information content (AvgIpc) is 2.34. The van der Waals surface area contributed by atoms with Crippen molar-refractivity contribution in [2.24, 2.45) is 21.1 Å². The summed E-state index contributed by atoms with van der Waals surface area (Å²) in [5.41, 5.74) is 15.7. The van der Waals surface area contributed by atoms with Crippen molar-refractivity contribution in [2.45, 2.75) is 41.5 Å². The fourth-order valence-corrected chi connectivity index (χ4v) is 2.39. The highest BCUT2D eigenvalue weighted by atomic mass is 16.1. The summed E-state index contributed by atoms with van der Waals surface area (Å²) in [6.07, 6.45) is 0. The fraction of sp³-hybridized carbons (Fsp3) is 0.571. The summed E-state index contributed by atoms with van der Waals surface area (Å²) in [4.78, 5) is 30.6. The second-order valence-corrected chi connectivity index (χ2v) is 6.98. The largest absolute Gasteiger partial charge is 0.289 e. The molecule has 8 heteroatoms. The third kappa shape index (κ3) is 3.03. The number of nitrogens with zero attached hydrogens (tertiary/aromatic N) is 6. The maximum atomic E-state index is 12.7. The molecule has 1 aliphatic carbocycles. The smallest absolute Gasteiger partial charge is 0.192 e. The average molecular weight is 302 g/mol. The SMILES string of the molecule is CC(C)(C)C1=C(C(C)(C)C)C(=O)C(N=[N+]=[N-])=C(N=[N+]=[N-])C1=O. The number of carbonyl (C=O) groups is 2. The van der Waals surface area contributed by atoms with Crippen molar-refractivity contribution in [1.82, 2.24) is 0 Å². The van der Waals surface area contributed by atoms with Crippen LogP contribution in [-0.2, 0) is 9.59 Å². The van der Waals surface area contributed by atoms with Gasteiger partial charge in [-0.1, -0.05) is 51.8 Å². The standard InChI is InChI=1S/C14H18N6O2/c1-13(2,3)7-8(14(4,5)6)12(22)10(18-20-16)9(11(7)21)17-19-15/h1-6H3. The minimum Gasteiger partial charge on any atom is -0.289 e. The molecule has 0 heterocycles. The molecule has 0 unspecified atom stereocenters. The van der Waals surface area contributed by atoms with E-state index >= 15 is 0 Å². The van der Waals surface area contributed by atoms with Crippen LogP contribution < -0.4 is 0 Å². The highest BCUT2D eigenvalue weighted by Crippen LogP contribution is 2.43. The molecule has 0 bridgehead atoms. The van der Waals surface area contributed by atoms with Gasteiger partial charge in [0.2, 0.25) is 0 Å². The number of Topliss-reactive ketones (excluding diaryl/α,β-unsaturated/α-hetero) is 2. The molecule has 0 aromatic rings. The molecular weight excluding hydrogens is 284 g/mol. The van der Waals surface area contributed by atoms with E-state index in [1.165, 1.54) is 0 Å². The van der Waals surface area contributed by atoms with E-state index in [1.807, 2.05) is 0 Å². The Hall–Kier alpha value is -2.56. The van der Waals surface area contributed by atoms with Crippen LogP contribution in [0.1, 0.15) is 41.5 Å². The third-order valence-electron chi connectivity index (χ3n) is 3.15. The normalized spacial score (nSPS) is 16.5. The van der Waals surface area contributed by atoms with Gasteiger partial charge in [0, 0.05) is 21.0 Å². The highest BCUT2D eigenvalue weighted by molar-refractivity contribution is 6.25. The minimum absolute atomic E-state index is 0.282. The van der Waals surface area contributed by atoms with Gasteiger partial charge >= 0.3 is 0 Å². The Kier molecular flexibility index (Phi) is 4.51. The summed E-state index contributed by atoms with van der Waals surface area (Å²) in [6.45, 7) is 10.8. The summed E-state index contributed by atoms with van der Waals surface area (Å²) in [5.74, 6) is -1.14. The number of allylic oxidation sites excluding steroid dienone is 2. The van der Waals surface area contributed by atoms with E-state index in [1.54, 1.807) is 41.5 Å². The fourth-order valence-electron chi connectivity index (χ4n) is 2.39. The summed E-state index contributed by atoms with van der Waals surface area (Å²) >= 11 is 0. The molecule has 0 aromatic heterocycles. The summed E-state index contributed by atoms with van der Waals surface area (Å²) in [5, 5.41) is 6.57. The van der Waals surface area contributed by atoms with E-state index in [0.717, 1.165) is 0 Å². The van der Waals surface area contributed by atoms with E-state index in [2.05, 4.69) is 20.1 Å². The highest BCUT2D eigenvalue weighted by Gasteiger charge is 2.42. The Morgan fingerprint density at radius 2 is 1.00 bits per heavy atom. The first-order valence-electron chi connectivity index (χ1n) is 6.66. The van der Waals surface area contributed by atoms with Crippen LogP contribution >= 0.6 is 0 Å². The van der Waals surface area contributed by atoms with Gasteiger partial charge in [-0.15, -0.1) is 0 Å². The van der Waals surface area contributed by atoms with E-state index in [9.17, 15) is 9.59 Å². The van der Waals surface area contributed by atoms with Crippen LogP contribution in [0, 0.1) is 10.8 Å².